The summed E-state index contributed by atoms with van der Waals surface area (Å²) in [5.74, 6) is 0. The van der Waals surface area contributed by atoms with E-state index in [9.17, 15) is 0 Å². The third-order valence-corrected chi connectivity index (χ3v) is 7.24. The van der Waals surface area contributed by atoms with Crippen molar-refractivity contribution >= 4 is 27.2 Å². The molecule has 4 aromatic rings. The molecule has 0 bridgehead atoms. The van der Waals surface area contributed by atoms with Gasteiger partial charge in [-0.25, -0.2) is 0 Å². The van der Waals surface area contributed by atoms with Crippen molar-refractivity contribution in [1.29, 1.82) is 0 Å². The van der Waals surface area contributed by atoms with Crippen molar-refractivity contribution < 1.29 is 0 Å². The van der Waals surface area contributed by atoms with Gasteiger partial charge < -0.3 is 5.32 Å². The minimum atomic E-state index is -0.127. The average molecular weight is 454 g/mol. The molecule has 172 valence electrons. The van der Waals surface area contributed by atoms with Crippen LogP contribution in [0, 0.1) is 5.41 Å². The summed E-state index contributed by atoms with van der Waals surface area (Å²) >= 11 is 0. The van der Waals surface area contributed by atoms with Crippen LogP contribution in [0.15, 0.2) is 139 Å². The second-order valence-electron chi connectivity index (χ2n) is 9.79. The number of benzene rings is 4. The Bertz CT molecular complexity index is 1570. The lowest BCUT2D eigenvalue weighted by Gasteiger charge is -2.22. The summed E-state index contributed by atoms with van der Waals surface area (Å²) in [4.78, 5) is 0. The molecule has 0 saturated heterocycles. The maximum absolute atomic E-state index is 4.28. The summed E-state index contributed by atoms with van der Waals surface area (Å²) in [6.07, 6.45) is 4.24. The van der Waals surface area contributed by atoms with Crippen LogP contribution in [0.4, 0.5) is 5.69 Å². The Morgan fingerprint density at radius 1 is 0.743 bits per heavy atom. The molecular formula is C34H31N. The van der Waals surface area contributed by atoms with Crippen LogP contribution < -0.4 is 5.32 Å². The van der Waals surface area contributed by atoms with Crippen LogP contribution in [0.5, 0.6) is 0 Å². The third-order valence-electron chi connectivity index (χ3n) is 7.24. The largest absolute Gasteiger partial charge is 0.356 e. The average Bonchev–Trinajstić information content (AvgIpc) is 3.02. The molecule has 0 atom stereocenters. The summed E-state index contributed by atoms with van der Waals surface area (Å²) in [6.45, 7) is 19.3. The van der Waals surface area contributed by atoms with Crippen LogP contribution in [0.2, 0.25) is 0 Å². The van der Waals surface area contributed by atoms with E-state index in [1.165, 1.54) is 38.2 Å². The first-order chi connectivity index (χ1) is 16.8. The zero-order valence-corrected chi connectivity index (χ0v) is 20.8. The first-order valence-corrected chi connectivity index (χ1v) is 12.1. The number of hydrogen-bond acceptors (Lipinski definition) is 1. The molecule has 0 aromatic heterocycles. The molecule has 1 saturated carbocycles. The van der Waals surface area contributed by atoms with E-state index < -0.39 is 0 Å². The van der Waals surface area contributed by atoms with E-state index in [1.807, 2.05) is 0 Å². The van der Waals surface area contributed by atoms with Gasteiger partial charge in [-0.3, -0.25) is 0 Å². The molecule has 1 heteroatoms. The normalized spacial score (nSPS) is 17.6. The fourth-order valence-electron chi connectivity index (χ4n) is 5.35. The number of anilines is 1. The van der Waals surface area contributed by atoms with E-state index in [4.69, 9.17) is 0 Å². The lowest BCUT2D eigenvalue weighted by Crippen LogP contribution is -2.12. The molecule has 1 N–H and O–H groups in total. The molecule has 4 aromatic carbocycles. The Morgan fingerprint density at radius 3 is 2.03 bits per heavy atom. The highest BCUT2D eigenvalue weighted by atomic mass is 14.9. The topological polar surface area (TPSA) is 12.0 Å². The molecule has 0 heterocycles. The van der Waals surface area contributed by atoms with E-state index in [2.05, 4.69) is 137 Å². The zero-order valence-electron chi connectivity index (χ0n) is 20.8. The molecule has 1 aliphatic carbocycles. The molecule has 0 aliphatic heterocycles. The summed E-state index contributed by atoms with van der Waals surface area (Å²) in [6, 6.07) is 28.2. The fourth-order valence-corrected chi connectivity index (χ4v) is 5.35. The fraction of sp³-hybridized carbons (Fsp3) is 0.118. The van der Waals surface area contributed by atoms with Gasteiger partial charge in [0.2, 0.25) is 0 Å². The molecule has 1 aliphatic rings. The van der Waals surface area contributed by atoms with Crippen molar-refractivity contribution in [1.82, 2.24) is 0 Å². The number of nitrogens with one attached hydrogen (secondary N) is 1. The van der Waals surface area contributed by atoms with Gasteiger partial charge in [-0.05, 0) is 86.2 Å². The molecular weight excluding hydrogens is 422 g/mol. The van der Waals surface area contributed by atoms with Gasteiger partial charge >= 0.3 is 0 Å². The Kier molecular flexibility index (Phi) is 5.57. The number of fused-ring (bicyclic) bond motifs is 3. The number of hydrogen-bond donors (Lipinski definition) is 1. The van der Waals surface area contributed by atoms with Crippen LogP contribution in [-0.2, 0) is 0 Å². The van der Waals surface area contributed by atoms with Crippen LogP contribution in [0.3, 0.4) is 0 Å². The number of allylic oxidation sites excluding steroid dienone is 6. The molecule has 35 heavy (non-hydrogen) atoms. The highest BCUT2D eigenvalue weighted by Crippen LogP contribution is 2.52. The maximum Gasteiger partial charge on any atom is 0.0384 e. The Morgan fingerprint density at radius 2 is 1.34 bits per heavy atom. The van der Waals surface area contributed by atoms with Crippen molar-refractivity contribution in [2.75, 3.05) is 5.32 Å². The van der Waals surface area contributed by atoms with Gasteiger partial charge in [0.25, 0.3) is 0 Å². The highest BCUT2D eigenvalue weighted by Gasteiger charge is 2.38. The summed E-state index contributed by atoms with van der Waals surface area (Å²) in [5, 5.41) is 8.54. The van der Waals surface area contributed by atoms with Crippen molar-refractivity contribution in [2.45, 2.75) is 20.8 Å². The molecule has 0 radical (unpaired) electrons. The van der Waals surface area contributed by atoms with E-state index in [0.717, 1.165) is 28.1 Å². The van der Waals surface area contributed by atoms with Crippen LogP contribution in [0.1, 0.15) is 20.8 Å². The second kappa shape index (κ2) is 8.60. The first-order valence-electron chi connectivity index (χ1n) is 12.1. The smallest absolute Gasteiger partial charge is 0.0384 e. The van der Waals surface area contributed by atoms with Gasteiger partial charge in [-0.2, -0.15) is 0 Å². The van der Waals surface area contributed by atoms with E-state index >= 15 is 0 Å². The first kappa shape index (κ1) is 22.7. The monoisotopic (exact) mass is 453 g/mol. The van der Waals surface area contributed by atoms with Crippen molar-refractivity contribution in [3.05, 3.63) is 139 Å². The Hall–Kier alpha value is -4.10. The van der Waals surface area contributed by atoms with Crippen LogP contribution in [-0.4, -0.2) is 0 Å². The van der Waals surface area contributed by atoms with E-state index in [-0.39, 0.29) is 5.41 Å². The Balaban J connectivity index is 1.40. The quantitative estimate of drug-likeness (QED) is 0.303. The van der Waals surface area contributed by atoms with Gasteiger partial charge in [-0.15, -0.1) is 0 Å². The van der Waals surface area contributed by atoms with E-state index in [1.54, 1.807) is 0 Å². The lowest BCUT2D eigenvalue weighted by molar-refractivity contribution is 0.582. The summed E-state index contributed by atoms with van der Waals surface area (Å²) < 4.78 is 0. The predicted molar refractivity (Wildman–Crippen MR) is 154 cm³/mol. The van der Waals surface area contributed by atoms with E-state index in [0.29, 0.717) is 0 Å². The molecule has 0 amide bonds. The summed E-state index contributed by atoms with van der Waals surface area (Å²) in [5.41, 5.74) is 8.52. The molecule has 1 nitrogen and oxygen atoms in total. The predicted octanol–water partition coefficient (Wildman–Crippen LogP) is 9.61. The van der Waals surface area contributed by atoms with Crippen molar-refractivity contribution in [3.63, 3.8) is 0 Å². The van der Waals surface area contributed by atoms with Gasteiger partial charge in [0.1, 0.15) is 0 Å². The zero-order chi connectivity index (χ0) is 24.7. The van der Waals surface area contributed by atoms with Crippen molar-refractivity contribution in [3.8, 4) is 11.1 Å². The lowest BCUT2D eigenvalue weighted by atomic mass is 9.82. The third kappa shape index (κ3) is 3.94. The highest BCUT2D eigenvalue weighted by molar-refractivity contribution is 6.08. The van der Waals surface area contributed by atoms with Gasteiger partial charge in [0.05, 0.1) is 0 Å². The van der Waals surface area contributed by atoms with Crippen LogP contribution >= 0.6 is 0 Å². The molecule has 0 spiro atoms. The minimum Gasteiger partial charge on any atom is -0.356 e. The van der Waals surface area contributed by atoms with Gasteiger partial charge in [0.15, 0.2) is 0 Å². The Labute approximate surface area is 208 Å². The van der Waals surface area contributed by atoms with Gasteiger partial charge in [0, 0.05) is 16.8 Å². The molecule has 5 rings (SSSR count). The SMILES string of the molecule is C=C(/C=C1\C(=C)C(=C)/C(=C\C)C1(C)C)Nc1ccc(-c2ccc3ccc4ccccc4c3c2)cc1. The minimum absolute atomic E-state index is 0.127. The molecule has 1 fully saturated rings. The maximum atomic E-state index is 4.28. The summed E-state index contributed by atoms with van der Waals surface area (Å²) in [7, 11) is 0. The second-order valence-corrected chi connectivity index (χ2v) is 9.79. The van der Waals surface area contributed by atoms with Crippen LogP contribution in [0.25, 0.3) is 32.7 Å². The molecule has 0 unspecified atom stereocenters. The number of rotatable bonds is 4. The standard InChI is InChI=1S/C34H31N/c1-7-32-23(3)24(4)33(34(32,5)6)20-22(2)35-29-18-16-25(17-19-29)28-15-14-27-13-12-26-10-8-9-11-30(26)31(27)21-28/h7-21,35H,2-4H2,1,5-6H3/b32-7+,33-20+. The van der Waals surface area contributed by atoms with Gasteiger partial charge in [-0.1, -0.05) is 100 Å². The van der Waals surface area contributed by atoms with Crippen molar-refractivity contribution in [2.24, 2.45) is 5.41 Å².